The Bertz CT molecular complexity index is 1450. The van der Waals surface area contributed by atoms with Gasteiger partial charge >= 0.3 is 0 Å². The minimum Gasteiger partial charge on any atom is -0.293 e. The Labute approximate surface area is 177 Å². The number of carbonyl (C=O) groups excluding carboxylic acids is 3. The van der Waals surface area contributed by atoms with Gasteiger partial charge in [0, 0.05) is 31.0 Å². The Kier molecular flexibility index (Phi) is 4.93. The number of hydrogen-bond donors (Lipinski definition) is 1. The maximum atomic E-state index is 12.7. The minimum absolute atomic E-state index is 0.178. The number of hydrogen-bond acceptors (Lipinski definition) is 5. The number of nitrogens with zero attached hydrogens (tertiary/aromatic N) is 4. The van der Waals surface area contributed by atoms with Gasteiger partial charge in [-0.3, -0.25) is 28.8 Å². The van der Waals surface area contributed by atoms with Gasteiger partial charge in [0.15, 0.2) is 0 Å². The molecule has 0 saturated heterocycles. The molecule has 0 unspecified atom stereocenters. The summed E-state index contributed by atoms with van der Waals surface area (Å²) in [6, 6.07) is 16.4. The quantitative estimate of drug-likeness (QED) is 0.509. The fraction of sp³-hybridized carbons (Fsp3) is 0.0870. The molecule has 0 fully saturated rings. The summed E-state index contributed by atoms with van der Waals surface area (Å²) in [4.78, 5) is 41.8. The number of aromatic nitrogens is 3. The third kappa shape index (κ3) is 3.18. The van der Waals surface area contributed by atoms with E-state index in [9.17, 15) is 14.4 Å². The molecule has 0 radical (unpaired) electrons. The van der Waals surface area contributed by atoms with Crippen LogP contribution in [0.4, 0.5) is 0 Å². The van der Waals surface area contributed by atoms with Gasteiger partial charge in [0.2, 0.25) is 5.91 Å². The molecule has 2 aromatic heterocycles. The van der Waals surface area contributed by atoms with E-state index in [2.05, 4.69) is 10.3 Å². The highest BCUT2D eigenvalue weighted by molar-refractivity contribution is 6.47. The summed E-state index contributed by atoms with van der Waals surface area (Å²) >= 11 is 0. The third-order valence-corrected chi connectivity index (χ3v) is 4.92. The van der Waals surface area contributed by atoms with Crippen molar-refractivity contribution < 1.29 is 14.4 Å². The van der Waals surface area contributed by atoms with E-state index in [-0.39, 0.29) is 17.2 Å². The average Bonchev–Trinajstić information content (AvgIpc) is 3.41. The molecule has 1 aliphatic heterocycles. The highest BCUT2D eigenvalue weighted by Crippen LogP contribution is 2.34. The largest absolute Gasteiger partial charge is 0.293 e. The number of nitrogens with one attached hydrogen (secondary N) is 1. The molecule has 2 aromatic carbocycles. The van der Waals surface area contributed by atoms with Gasteiger partial charge < -0.3 is 0 Å². The van der Waals surface area contributed by atoms with E-state index >= 15 is 0 Å². The number of benzene rings is 2. The van der Waals surface area contributed by atoms with Gasteiger partial charge in [-0.1, -0.05) is 30.3 Å². The van der Waals surface area contributed by atoms with Crippen molar-refractivity contribution in [1.82, 2.24) is 19.4 Å². The second kappa shape index (κ2) is 7.72. The van der Waals surface area contributed by atoms with Crippen LogP contribution in [-0.4, -0.2) is 31.8 Å². The lowest BCUT2D eigenvalue weighted by Crippen LogP contribution is -2.23. The van der Waals surface area contributed by atoms with Crippen molar-refractivity contribution in [3.63, 3.8) is 0 Å². The summed E-state index contributed by atoms with van der Waals surface area (Å²) in [6.45, 7) is 2.88. The molecule has 3 heterocycles. The van der Waals surface area contributed by atoms with Crippen LogP contribution in [0.15, 0.2) is 61.1 Å². The van der Waals surface area contributed by atoms with Gasteiger partial charge in [-0.25, -0.2) is 4.98 Å². The molecule has 0 atom stereocenters. The standard InChI is InChI=1S/C21H14N4O3.C2H3N/c1-12(26)24-10-14(13-6-2-4-8-16(13)24)18-19(21(28)23-20(18)27)25-11-22-15-7-3-5-9-17(15)25;1-2-3/h2-11H,1H3,(H,23,27,28);1H3. The molecule has 2 amide bonds. The molecule has 0 saturated carbocycles. The molecule has 8 nitrogen and oxygen atoms in total. The first-order valence-electron chi connectivity index (χ1n) is 9.42. The molecular formula is C23H17N5O3. The molecule has 0 aliphatic carbocycles. The molecule has 4 aromatic rings. The van der Waals surface area contributed by atoms with Gasteiger partial charge in [0.05, 0.1) is 28.2 Å². The van der Waals surface area contributed by atoms with Crippen molar-refractivity contribution >= 4 is 50.9 Å². The summed E-state index contributed by atoms with van der Waals surface area (Å²) in [6.07, 6.45) is 3.14. The van der Waals surface area contributed by atoms with E-state index in [1.54, 1.807) is 16.8 Å². The predicted octanol–water partition coefficient (Wildman–Crippen LogP) is 3.21. The summed E-state index contributed by atoms with van der Waals surface area (Å²) in [5.74, 6) is -1.17. The number of imidazole rings is 1. The number of rotatable bonds is 2. The van der Waals surface area contributed by atoms with Crippen molar-refractivity contribution in [3.05, 3.63) is 66.6 Å². The molecule has 5 rings (SSSR count). The second-order valence-corrected chi connectivity index (χ2v) is 6.78. The first-order chi connectivity index (χ1) is 15.0. The Hall–Kier alpha value is -4.51. The van der Waals surface area contributed by atoms with E-state index in [1.807, 2.05) is 48.5 Å². The van der Waals surface area contributed by atoms with Crippen LogP contribution < -0.4 is 5.32 Å². The molecule has 1 aliphatic rings. The zero-order valence-electron chi connectivity index (χ0n) is 16.8. The van der Waals surface area contributed by atoms with Crippen LogP contribution in [0.1, 0.15) is 24.2 Å². The molecule has 152 valence electrons. The molecule has 0 bridgehead atoms. The Morgan fingerprint density at radius 2 is 1.68 bits per heavy atom. The van der Waals surface area contributed by atoms with Crippen LogP contribution in [0.25, 0.3) is 33.2 Å². The number of para-hydroxylation sites is 3. The lowest BCUT2D eigenvalue weighted by Gasteiger charge is -2.06. The van der Waals surface area contributed by atoms with Crippen LogP contribution in [-0.2, 0) is 9.59 Å². The van der Waals surface area contributed by atoms with Crippen molar-refractivity contribution in [2.24, 2.45) is 0 Å². The lowest BCUT2D eigenvalue weighted by molar-refractivity contribution is -0.122. The highest BCUT2D eigenvalue weighted by Gasteiger charge is 2.35. The van der Waals surface area contributed by atoms with E-state index in [0.717, 1.165) is 10.9 Å². The molecule has 1 N–H and O–H groups in total. The van der Waals surface area contributed by atoms with Gasteiger partial charge in [-0.15, -0.1) is 0 Å². The summed E-state index contributed by atoms with van der Waals surface area (Å²) in [5, 5.41) is 10.4. The SMILES string of the molecule is CC#N.CC(=O)n1cc(C2=C(n3cnc4ccccc43)C(=O)NC2=O)c2ccccc21. The minimum atomic E-state index is -0.497. The van der Waals surface area contributed by atoms with Crippen LogP contribution in [0.3, 0.4) is 0 Å². The van der Waals surface area contributed by atoms with Crippen molar-refractivity contribution in [2.45, 2.75) is 13.8 Å². The van der Waals surface area contributed by atoms with Gasteiger partial charge in [0.25, 0.3) is 11.8 Å². The summed E-state index contributed by atoms with van der Waals surface area (Å²) in [5.41, 5.74) is 3.07. The molecule has 0 spiro atoms. The number of nitriles is 1. The normalized spacial score (nSPS) is 13.2. The summed E-state index contributed by atoms with van der Waals surface area (Å²) in [7, 11) is 0. The van der Waals surface area contributed by atoms with Crippen molar-refractivity contribution in [1.29, 1.82) is 5.26 Å². The predicted molar refractivity (Wildman–Crippen MR) is 116 cm³/mol. The van der Waals surface area contributed by atoms with Crippen molar-refractivity contribution in [2.75, 3.05) is 0 Å². The second-order valence-electron chi connectivity index (χ2n) is 6.78. The number of imide groups is 1. The van der Waals surface area contributed by atoms with Crippen molar-refractivity contribution in [3.8, 4) is 6.07 Å². The van der Waals surface area contributed by atoms with Crippen LogP contribution in [0, 0.1) is 11.3 Å². The highest BCUT2D eigenvalue weighted by atomic mass is 16.2. The first-order valence-corrected chi connectivity index (χ1v) is 9.42. The summed E-state index contributed by atoms with van der Waals surface area (Å²) < 4.78 is 3.10. The smallest absolute Gasteiger partial charge is 0.276 e. The van der Waals surface area contributed by atoms with Crippen LogP contribution >= 0.6 is 0 Å². The third-order valence-electron chi connectivity index (χ3n) is 4.92. The average molecular weight is 411 g/mol. The van der Waals surface area contributed by atoms with Gasteiger partial charge in [-0.05, 0) is 18.2 Å². The Morgan fingerprint density at radius 1 is 1.03 bits per heavy atom. The fourth-order valence-corrected chi connectivity index (χ4v) is 3.70. The zero-order chi connectivity index (χ0) is 22.1. The molecule has 8 heteroatoms. The number of fused-ring (bicyclic) bond motifs is 2. The number of amides is 2. The van der Waals surface area contributed by atoms with Gasteiger partial charge in [-0.2, -0.15) is 5.26 Å². The topological polar surface area (TPSA) is 110 Å². The van der Waals surface area contributed by atoms with Crippen LogP contribution in [0.2, 0.25) is 0 Å². The van der Waals surface area contributed by atoms with E-state index in [1.165, 1.54) is 24.7 Å². The van der Waals surface area contributed by atoms with E-state index < -0.39 is 11.8 Å². The zero-order valence-corrected chi connectivity index (χ0v) is 16.8. The monoisotopic (exact) mass is 411 g/mol. The van der Waals surface area contributed by atoms with E-state index in [0.29, 0.717) is 16.6 Å². The molecule has 31 heavy (non-hydrogen) atoms. The fourth-order valence-electron chi connectivity index (χ4n) is 3.70. The number of carbonyl (C=O) groups is 3. The maximum absolute atomic E-state index is 12.7. The van der Waals surface area contributed by atoms with E-state index in [4.69, 9.17) is 5.26 Å². The van der Waals surface area contributed by atoms with Gasteiger partial charge in [0.1, 0.15) is 12.0 Å². The lowest BCUT2D eigenvalue weighted by atomic mass is 10.0. The molecular weight excluding hydrogens is 394 g/mol. The Morgan fingerprint density at radius 3 is 2.39 bits per heavy atom. The maximum Gasteiger partial charge on any atom is 0.276 e. The Balaban J connectivity index is 0.000000730. The first kappa shape index (κ1) is 19.8. The van der Waals surface area contributed by atoms with Crippen LogP contribution in [0.5, 0.6) is 0 Å².